The van der Waals surface area contributed by atoms with Crippen molar-refractivity contribution in [2.75, 3.05) is 13.2 Å². The molecule has 0 unspecified atom stereocenters. The molecule has 0 bridgehead atoms. The van der Waals surface area contributed by atoms with Crippen LogP contribution in [0, 0.1) is 0 Å². The molecule has 0 atom stereocenters. The molecule has 2 aromatic rings. The standard InChI is InChI=1S/C21H36N4O4/c1-4-28-29-16-14-12-10-8-6-5-7-9-11-13-15-25-20(26)18-19(22-17-23(18)2)24(3)21(25)27/h17H,4-16H2,1-3H3. The maximum Gasteiger partial charge on any atom is 0.332 e. The van der Waals surface area contributed by atoms with Crippen LogP contribution in [0.1, 0.15) is 71.1 Å². The van der Waals surface area contributed by atoms with E-state index < -0.39 is 0 Å². The minimum absolute atomic E-state index is 0.241. The van der Waals surface area contributed by atoms with Crippen LogP contribution in [0.2, 0.25) is 0 Å². The van der Waals surface area contributed by atoms with E-state index >= 15 is 0 Å². The van der Waals surface area contributed by atoms with Gasteiger partial charge in [-0.2, -0.15) is 0 Å². The third kappa shape index (κ3) is 6.82. The zero-order valence-corrected chi connectivity index (χ0v) is 18.2. The molecule has 29 heavy (non-hydrogen) atoms. The minimum Gasteiger partial charge on any atom is -0.328 e. The Kier molecular flexibility index (Phi) is 10.1. The van der Waals surface area contributed by atoms with Gasteiger partial charge in [0.25, 0.3) is 5.56 Å². The van der Waals surface area contributed by atoms with Crippen LogP contribution in [-0.2, 0) is 30.4 Å². The molecule has 0 saturated heterocycles. The minimum atomic E-state index is -0.284. The van der Waals surface area contributed by atoms with Gasteiger partial charge in [0.2, 0.25) is 0 Å². The molecule has 8 nitrogen and oxygen atoms in total. The molecule has 0 saturated carbocycles. The zero-order valence-electron chi connectivity index (χ0n) is 18.2. The monoisotopic (exact) mass is 408 g/mol. The highest BCUT2D eigenvalue weighted by Crippen LogP contribution is 2.11. The average Bonchev–Trinajstić information content (AvgIpc) is 3.10. The van der Waals surface area contributed by atoms with Crippen molar-refractivity contribution in [3.8, 4) is 0 Å². The number of aromatic nitrogens is 4. The molecule has 0 spiro atoms. The van der Waals surface area contributed by atoms with E-state index in [-0.39, 0.29) is 11.2 Å². The van der Waals surface area contributed by atoms with Gasteiger partial charge in [0.1, 0.15) is 0 Å². The van der Waals surface area contributed by atoms with E-state index in [1.807, 2.05) is 6.92 Å². The summed E-state index contributed by atoms with van der Waals surface area (Å²) in [6.45, 7) is 3.68. The highest BCUT2D eigenvalue weighted by atomic mass is 17.2. The van der Waals surface area contributed by atoms with E-state index in [0.29, 0.717) is 30.9 Å². The molecule has 0 aliphatic carbocycles. The van der Waals surface area contributed by atoms with Gasteiger partial charge in [0.05, 0.1) is 19.5 Å². The van der Waals surface area contributed by atoms with E-state index in [4.69, 9.17) is 9.78 Å². The van der Waals surface area contributed by atoms with Crippen molar-refractivity contribution >= 4 is 11.2 Å². The molecule has 2 heterocycles. The molecule has 0 fully saturated rings. The van der Waals surface area contributed by atoms with Crippen LogP contribution in [0.15, 0.2) is 15.9 Å². The second-order valence-electron chi connectivity index (χ2n) is 7.59. The average molecular weight is 409 g/mol. The molecule has 8 heteroatoms. The number of rotatable bonds is 15. The SMILES string of the molecule is CCOOCCCCCCCCCCCCn1c(=O)c2c(ncn2C)n(C)c1=O. The smallest absolute Gasteiger partial charge is 0.328 e. The first-order chi connectivity index (χ1) is 14.1. The molecule has 2 aromatic heterocycles. The van der Waals surface area contributed by atoms with Gasteiger partial charge in [-0.3, -0.25) is 13.9 Å². The number of imidazole rings is 1. The number of hydrogen-bond acceptors (Lipinski definition) is 5. The van der Waals surface area contributed by atoms with Gasteiger partial charge in [-0.1, -0.05) is 51.4 Å². The Morgan fingerprint density at radius 2 is 1.45 bits per heavy atom. The van der Waals surface area contributed by atoms with E-state index in [1.54, 1.807) is 25.0 Å². The Balaban J connectivity index is 1.59. The van der Waals surface area contributed by atoms with E-state index in [1.165, 1.54) is 47.7 Å². The van der Waals surface area contributed by atoms with Crippen LogP contribution in [0.4, 0.5) is 0 Å². The van der Waals surface area contributed by atoms with Gasteiger partial charge in [-0.25, -0.2) is 19.6 Å². The summed E-state index contributed by atoms with van der Waals surface area (Å²) in [6.07, 6.45) is 13.1. The lowest BCUT2D eigenvalue weighted by Gasteiger charge is -2.08. The highest BCUT2D eigenvalue weighted by molar-refractivity contribution is 5.69. The first kappa shape index (κ1) is 23.3. The largest absolute Gasteiger partial charge is 0.332 e. The zero-order chi connectivity index (χ0) is 21.1. The molecule has 2 rings (SSSR count). The summed E-state index contributed by atoms with van der Waals surface area (Å²) in [5, 5.41) is 0. The van der Waals surface area contributed by atoms with E-state index in [0.717, 1.165) is 25.7 Å². The first-order valence-electron chi connectivity index (χ1n) is 10.9. The summed E-state index contributed by atoms with van der Waals surface area (Å²) in [4.78, 5) is 39.1. The fourth-order valence-electron chi connectivity index (χ4n) is 3.58. The summed E-state index contributed by atoms with van der Waals surface area (Å²) in [7, 11) is 3.44. The Hall–Kier alpha value is -1.93. The van der Waals surface area contributed by atoms with Crippen LogP contribution in [0.25, 0.3) is 11.2 Å². The third-order valence-corrected chi connectivity index (χ3v) is 5.26. The Labute approximate surface area is 172 Å². The van der Waals surface area contributed by atoms with Gasteiger partial charge < -0.3 is 4.57 Å². The van der Waals surface area contributed by atoms with Gasteiger partial charge in [0.15, 0.2) is 11.2 Å². The normalized spacial score (nSPS) is 11.6. The Morgan fingerprint density at radius 1 is 0.862 bits per heavy atom. The highest BCUT2D eigenvalue weighted by Gasteiger charge is 2.14. The molecule has 0 aliphatic heterocycles. The maximum atomic E-state index is 12.6. The molecule has 164 valence electrons. The fourth-order valence-corrected chi connectivity index (χ4v) is 3.58. The topological polar surface area (TPSA) is 80.3 Å². The summed E-state index contributed by atoms with van der Waals surface area (Å²) < 4.78 is 4.48. The van der Waals surface area contributed by atoms with Crippen LogP contribution < -0.4 is 11.2 Å². The van der Waals surface area contributed by atoms with E-state index in [9.17, 15) is 9.59 Å². The second-order valence-corrected chi connectivity index (χ2v) is 7.59. The van der Waals surface area contributed by atoms with Crippen LogP contribution in [-0.4, -0.2) is 31.9 Å². The van der Waals surface area contributed by atoms with Crippen LogP contribution >= 0.6 is 0 Å². The lowest BCUT2D eigenvalue weighted by molar-refractivity contribution is -0.291. The van der Waals surface area contributed by atoms with Crippen molar-refractivity contribution in [1.29, 1.82) is 0 Å². The maximum absolute atomic E-state index is 12.6. The van der Waals surface area contributed by atoms with Gasteiger partial charge in [-0.05, 0) is 19.8 Å². The predicted molar refractivity (Wildman–Crippen MR) is 114 cm³/mol. The van der Waals surface area contributed by atoms with Crippen LogP contribution in [0.5, 0.6) is 0 Å². The first-order valence-corrected chi connectivity index (χ1v) is 10.9. The number of nitrogens with zero attached hydrogens (tertiary/aromatic N) is 4. The van der Waals surface area contributed by atoms with Crippen molar-refractivity contribution in [1.82, 2.24) is 18.7 Å². The summed E-state index contributed by atoms with van der Waals surface area (Å²) in [5.74, 6) is 0. The predicted octanol–water partition coefficient (Wildman–Crippen LogP) is 3.30. The van der Waals surface area contributed by atoms with Crippen molar-refractivity contribution in [2.24, 2.45) is 14.1 Å². The third-order valence-electron chi connectivity index (χ3n) is 5.26. The Morgan fingerprint density at radius 3 is 2.07 bits per heavy atom. The quantitative estimate of drug-likeness (QED) is 0.257. The molecular formula is C21H36N4O4. The summed E-state index contributed by atoms with van der Waals surface area (Å²) in [5.41, 5.74) is 0.403. The molecule has 0 aromatic carbocycles. The van der Waals surface area contributed by atoms with E-state index in [2.05, 4.69) is 4.98 Å². The lowest BCUT2D eigenvalue weighted by Crippen LogP contribution is -2.39. The second kappa shape index (κ2) is 12.6. The van der Waals surface area contributed by atoms with Gasteiger partial charge >= 0.3 is 5.69 Å². The molecule has 0 radical (unpaired) electrons. The lowest BCUT2D eigenvalue weighted by atomic mass is 10.1. The molecular weight excluding hydrogens is 372 g/mol. The van der Waals surface area contributed by atoms with Crippen molar-refractivity contribution < 1.29 is 9.78 Å². The summed E-state index contributed by atoms with van der Waals surface area (Å²) in [6, 6.07) is 0. The molecule has 0 N–H and O–H groups in total. The van der Waals surface area contributed by atoms with Crippen molar-refractivity contribution in [2.45, 2.75) is 77.7 Å². The van der Waals surface area contributed by atoms with Gasteiger partial charge in [-0.15, -0.1) is 0 Å². The number of aryl methyl sites for hydroxylation is 2. The fraction of sp³-hybridized carbons (Fsp3) is 0.762. The number of fused-ring (bicyclic) bond motifs is 1. The molecule has 0 aliphatic rings. The van der Waals surface area contributed by atoms with Crippen molar-refractivity contribution in [3.63, 3.8) is 0 Å². The number of unbranched alkanes of at least 4 members (excludes halogenated alkanes) is 9. The van der Waals surface area contributed by atoms with Crippen LogP contribution in [0.3, 0.4) is 0 Å². The van der Waals surface area contributed by atoms with Gasteiger partial charge in [0, 0.05) is 20.6 Å². The molecule has 0 amide bonds. The summed E-state index contributed by atoms with van der Waals surface area (Å²) >= 11 is 0. The van der Waals surface area contributed by atoms with Crippen molar-refractivity contribution in [3.05, 3.63) is 27.2 Å². The number of hydrogen-bond donors (Lipinski definition) is 0. The Bertz CT molecular complexity index is 853.